The maximum atomic E-state index is 5.80. The molecule has 2 atom stereocenters. The lowest BCUT2D eigenvalue weighted by molar-refractivity contribution is 0.301. The number of ether oxygens (including phenoxy) is 2. The predicted molar refractivity (Wildman–Crippen MR) is 76.8 cm³/mol. The Kier molecular flexibility index (Phi) is 4.32. The molecule has 1 saturated heterocycles. The van der Waals surface area contributed by atoms with E-state index in [1.54, 1.807) is 14.2 Å². The van der Waals surface area contributed by atoms with E-state index in [4.69, 9.17) is 15.2 Å². The average Bonchev–Trinajstić information content (AvgIpc) is 2.79. The van der Waals surface area contributed by atoms with E-state index in [9.17, 15) is 0 Å². The zero-order valence-electron chi connectivity index (χ0n) is 12.3. The molecule has 1 aromatic carbocycles. The number of nitrogens with two attached hydrogens (primary N) is 1. The zero-order valence-corrected chi connectivity index (χ0v) is 12.3. The van der Waals surface area contributed by atoms with Gasteiger partial charge in [0, 0.05) is 18.2 Å². The molecule has 0 spiro atoms. The van der Waals surface area contributed by atoms with Crippen molar-refractivity contribution in [2.75, 3.05) is 34.4 Å². The van der Waals surface area contributed by atoms with Crippen LogP contribution in [0.5, 0.6) is 11.5 Å². The van der Waals surface area contributed by atoms with Crippen LogP contribution in [0, 0.1) is 12.8 Å². The van der Waals surface area contributed by atoms with E-state index in [1.165, 1.54) is 5.56 Å². The topological polar surface area (TPSA) is 47.7 Å². The molecule has 2 rings (SSSR count). The summed E-state index contributed by atoms with van der Waals surface area (Å²) in [5.74, 6) is 2.42. The lowest BCUT2D eigenvalue weighted by atomic mass is 9.97. The van der Waals surface area contributed by atoms with Crippen LogP contribution in [0.2, 0.25) is 0 Å². The first-order valence-electron chi connectivity index (χ1n) is 6.73. The summed E-state index contributed by atoms with van der Waals surface area (Å²) in [6.45, 7) is 3.82. The van der Waals surface area contributed by atoms with Gasteiger partial charge >= 0.3 is 0 Å². The molecule has 0 bridgehead atoms. The van der Waals surface area contributed by atoms with Crippen molar-refractivity contribution in [2.24, 2.45) is 11.7 Å². The predicted octanol–water partition coefficient (Wildman–Crippen LogP) is 1.96. The number of hydrogen-bond acceptors (Lipinski definition) is 4. The third-order valence-electron chi connectivity index (χ3n) is 4.07. The first-order chi connectivity index (χ1) is 9.10. The summed E-state index contributed by atoms with van der Waals surface area (Å²) in [5.41, 5.74) is 8.10. The van der Waals surface area contributed by atoms with Crippen molar-refractivity contribution in [2.45, 2.75) is 19.4 Å². The van der Waals surface area contributed by atoms with Crippen molar-refractivity contribution < 1.29 is 9.47 Å². The van der Waals surface area contributed by atoms with Gasteiger partial charge in [-0.25, -0.2) is 0 Å². The maximum Gasteiger partial charge on any atom is 0.124 e. The molecule has 106 valence electrons. The fourth-order valence-electron chi connectivity index (χ4n) is 2.97. The molecule has 1 aliphatic heterocycles. The number of likely N-dealkylation sites (tertiary alicyclic amines) is 1. The molecule has 1 heterocycles. The average molecular weight is 264 g/mol. The molecule has 4 heteroatoms. The van der Waals surface area contributed by atoms with E-state index < -0.39 is 0 Å². The van der Waals surface area contributed by atoms with Crippen molar-refractivity contribution >= 4 is 0 Å². The van der Waals surface area contributed by atoms with Crippen LogP contribution in [0.1, 0.15) is 23.6 Å². The molecule has 1 aromatic rings. The second-order valence-corrected chi connectivity index (χ2v) is 5.36. The second kappa shape index (κ2) is 5.80. The van der Waals surface area contributed by atoms with Gasteiger partial charge in [-0.2, -0.15) is 0 Å². The monoisotopic (exact) mass is 264 g/mol. The largest absolute Gasteiger partial charge is 0.496 e. The number of nitrogens with zero attached hydrogens (tertiary/aromatic N) is 1. The van der Waals surface area contributed by atoms with Crippen molar-refractivity contribution in [1.29, 1.82) is 0 Å². The van der Waals surface area contributed by atoms with Gasteiger partial charge in [-0.15, -0.1) is 0 Å². The lowest BCUT2D eigenvalue weighted by Crippen LogP contribution is -2.21. The normalized spacial score (nSPS) is 23.6. The number of rotatable bonds is 4. The standard InChI is InChI=1S/C15H24N2O2/c1-10-5-15(19-4)12(7-14(10)18-3)13-6-11(8-16)9-17(13)2/h5,7,11,13H,6,8-9,16H2,1-4H3. The van der Waals surface area contributed by atoms with Gasteiger partial charge in [0.05, 0.1) is 14.2 Å². The van der Waals surface area contributed by atoms with Gasteiger partial charge in [0.25, 0.3) is 0 Å². The Morgan fingerprint density at radius 3 is 2.47 bits per heavy atom. The van der Waals surface area contributed by atoms with Crippen LogP contribution < -0.4 is 15.2 Å². The Balaban J connectivity index is 2.38. The molecule has 0 aromatic heterocycles. The van der Waals surface area contributed by atoms with E-state index in [2.05, 4.69) is 24.1 Å². The van der Waals surface area contributed by atoms with E-state index in [0.29, 0.717) is 12.0 Å². The zero-order chi connectivity index (χ0) is 14.0. The number of methoxy groups -OCH3 is 2. The van der Waals surface area contributed by atoms with Gasteiger partial charge in [-0.1, -0.05) is 0 Å². The molecule has 0 amide bonds. The third-order valence-corrected chi connectivity index (χ3v) is 4.07. The summed E-state index contributed by atoms with van der Waals surface area (Å²) >= 11 is 0. The highest BCUT2D eigenvalue weighted by molar-refractivity contribution is 5.47. The molecule has 1 aliphatic rings. The van der Waals surface area contributed by atoms with Crippen LogP contribution in [0.25, 0.3) is 0 Å². The van der Waals surface area contributed by atoms with Crippen LogP contribution in [0.15, 0.2) is 12.1 Å². The Bertz CT molecular complexity index is 448. The molecule has 2 unspecified atom stereocenters. The van der Waals surface area contributed by atoms with Gasteiger partial charge in [-0.3, -0.25) is 4.90 Å². The summed E-state index contributed by atoms with van der Waals surface area (Å²) < 4.78 is 11.0. The van der Waals surface area contributed by atoms with Gasteiger partial charge in [0.1, 0.15) is 11.5 Å². The minimum Gasteiger partial charge on any atom is -0.496 e. The highest BCUT2D eigenvalue weighted by atomic mass is 16.5. The molecular weight excluding hydrogens is 240 g/mol. The molecule has 0 aliphatic carbocycles. The van der Waals surface area contributed by atoms with Crippen molar-refractivity contribution in [1.82, 2.24) is 4.90 Å². The Labute approximate surface area is 115 Å². The molecule has 0 saturated carbocycles. The number of aryl methyl sites for hydroxylation is 1. The van der Waals surface area contributed by atoms with Crippen molar-refractivity contribution in [3.63, 3.8) is 0 Å². The third kappa shape index (κ3) is 2.69. The van der Waals surface area contributed by atoms with Crippen molar-refractivity contribution in [3.8, 4) is 11.5 Å². The van der Waals surface area contributed by atoms with Gasteiger partial charge in [0.15, 0.2) is 0 Å². The maximum absolute atomic E-state index is 5.80. The van der Waals surface area contributed by atoms with Crippen LogP contribution in [0.3, 0.4) is 0 Å². The molecular formula is C15H24N2O2. The van der Waals surface area contributed by atoms with Gasteiger partial charge in [0.2, 0.25) is 0 Å². The minimum absolute atomic E-state index is 0.359. The molecule has 1 fully saturated rings. The number of benzene rings is 1. The van der Waals surface area contributed by atoms with Crippen LogP contribution in [0.4, 0.5) is 0 Å². The number of hydrogen-bond donors (Lipinski definition) is 1. The van der Waals surface area contributed by atoms with Crippen LogP contribution in [-0.2, 0) is 0 Å². The summed E-state index contributed by atoms with van der Waals surface area (Å²) in [6.07, 6.45) is 1.08. The Morgan fingerprint density at radius 1 is 1.26 bits per heavy atom. The molecule has 2 N–H and O–H groups in total. The minimum atomic E-state index is 0.359. The summed E-state index contributed by atoms with van der Waals surface area (Å²) in [6, 6.07) is 4.52. The molecule has 19 heavy (non-hydrogen) atoms. The van der Waals surface area contributed by atoms with Crippen LogP contribution in [-0.4, -0.2) is 39.3 Å². The smallest absolute Gasteiger partial charge is 0.124 e. The second-order valence-electron chi connectivity index (χ2n) is 5.36. The molecule has 0 radical (unpaired) electrons. The summed E-state index contributed by atoms with van der Waals surface area (Å²) in [7, 11) is 5.58. The molecule has 4 nitrogen and oxygen atoms in total. The Morgan fingerprint density at radius 2 is 1.95 bits per heavy atom. The van der Waals surface area contributed by atoms with E-state index in [-0.39, 0.29) is 0 Å². The quantitative estimate of drug-likeness (QED) is 0.903. The van der Waals surface area contributed by atoms with Crippen LogP contribution >= 0.6 is 0 Å². The van der Waals surface area contributed by atoms with Crippen molar-refractivity contribution in [3.05, 3.63) is 23.3 Å². The van der Waals surface area contributed by atoms with Gasteiger partial charge in [-0.05, 0) is 50.6 Å². The Hall–Kier alpha value is -1.26. The van der Waals surface area contributed by atoms with Gasteiger partial charge < -0.3 is 15.2 Å². The summed E-state index contributed by atoms with van der Waals surface area (Å²) in [5, 5.41) is 0. The van der Waals surface area contributed by atoms with E-state index >= 15 is 0 Å². The first-order valence-corrected chi connectivity index (χ1v) is 6.73. The first kappa shape index (κ1) is 14.2. The lowest BCUT2D eigenvalue weighted by Gasteiger charge is -2.23. The summed E-state index contributed by atoms with van der Waals surface area (Å²) in [4.78, 5) is 2.35. The van der Waals surface area contributed by atoms with E-state index in [1.807, 2.05) is 6.92 Å². The SMILES string of the molecule is COc1cc(C2CC(CN)CN2C)c(OC)cc1C. The fraction of sp³-hybridized carbons (Fsp3) is 0.600. The highest BCUT2D eigenvalue weighted by Gasteiger charge is 2.32. The highest BCUT2D eigenvalue weighted by Crippen LogP contribution is 2.40. The fourth-order valence-corrected chi connectivity index (χ4v) is 2.97. The van der Waals surface area contributed by atoms with E-state index in [0.717, 1.165) is 36.6 Å².